The van der Waals surface area contributed by atoms with Gasteiger partial charge in [-0.2, -0.15) is 0 Å². The van der Waals surface area contributed by atoms with Crippen molar-refractivity contribution in [2.24, 2.45) is 5.92 Å². The highest BCUT2D eigenvalue weighted by Crippen LogP contribution is 2.27. The van der Waals surface area contributed by atoms with Crippen LogP contribution in [0.5, 0.6) is 0 Å². The number of benzene rings is 1. The molecule has 1 N–H and O–H groups in total. The minimum atomic E-state index is -3.30. The van der Waals surface area contributed by atoms with Crippen molar-refractivity contribution >= 4 is 15.5 Å². The minimum Gasteiger partial charge on any atom is -0.441 e. The zero-order chi connectivity index (χ0) is 22.6. The Bertz CT molecular complexity index is 1150. The minimum absolute atomic E-state index is 0.0321. The first-order valence-electron chi connectivity index (χ1n) is 10.6. The van der Waals surface area contributed by atoms with Crippen molar-refractivity contribution in [2.75, 3.05) is 5.75 Å². The molecule has 0 bridgehead atoms. The zero-order valence-corrected chi connectivity index (χ0v) is 19.3. The summed E-state index contributed by atoms with van der Waals surface area (Å²) < 4.78 is 29.7. The molecule has 1 aromatic carbocycles. The topological polar surface area (TPSA) is 96.9 Å². The first-order valence-corrected chi connectivity index (χ1v) is 12.2. The van der Waals surface area contributed by atoms with Gasteiger partial charge >= 0.3 is 0 Å². The molecule has 0 saturated carbocycles. The van der Waals surface area contributed by atoms with E-state index in [4.69, 9.17) is 9.83 Å². The molecule has 0 fully saturated rings. The summed E-state index contributed by atoms with van der Waals surface area (Å²) in [6.45, 7) is 7.69. The van der Waals surface area contributed by atoms with E-state index >= 15 is 0 Å². The zero-order valence-electron chi connectivity index (χ0n) is 18.5. The van der Waals surface area contributed by atoms with Gasteiger partial charge in [0, 0.05) is 23.0 Å². The lowest BCUT2D eigenvalue weighted by molar-refractivity contribution is 0.539. The molecule has 0 aliphatic heterocycles. The van der Waals surface area contributed by atoms with Crippen molar-refractivity contribution in [3.8, 4) is 22.6 Å². The van der Waals surface area contributed by atoms with Crippen molar-refractivity contribution in [1.29, 1.82) is 5.41 Å². The number of nitrogens with zero attached hydrogens (tertiary/aromatic N) is 2. The maximum Gasteiger partial charge on any atom is 0.226 e. The lowest BCUT2D eigenvalue weighted by Crippen LogP contribution is -2.10. The van der Waals surface area contributed by atoms with Crippen LogP contribution in [0.1, 0.15) is 45.1 Å². The van der Waals surface area contributed by atoms with Gasteiger partial charge in [-0.1, -0.05) is 32.9 Å². The molecular weight excluding hydrogens is 410 g/mol. The second kappa shape index (κ2) is 9.56. The van der Waals surface area contributed by atoms with Crippen LogP contribution in [0.2, 0.25) is 0 Å². The van der Waals surface area contributed by atoms with E-state index in [-0.39, 0.29) is 10.8 Å². The summed E-state index contributed by atoms with van der Waals surface area (Å²) in [7, 11) is -3.30. The maximum atomic E-state index is 11.9. The Balaban J connectivity index is 1.74. The fraction of sp³-hybridized carbons (Fsp3) is 0.375. The van der Waals surface area contributed by atoms with Crippen LogP contribution in [0.15, 0.2) is 52.0 Å². The highest BCUT2D eigenvalue weighted by Gasteiger charge is 2.15. The van der Waals surface area contributed by atoms with Crippen molar-refractivity contribution < 1.29 is 12.8 Å². The quantitative estimate of drug-likeness (QED) is 0.444. The third kappa shape index (κ3) is 5.28. The molecule has 164 valence electrons. The predicted molar refractivity (Wildman–Crippen MR) is 123 cm³/mol. The maximum absolute atomic E-state index is 11.9. The van der Waals surface area contributed by atoms with Gasteiger partial charge in [-0.25, -0.2) is 18.4 Å². The summed E-state index contributed by atoms with van der Waals surface area (Å²) in [5, 5.41) is 8.25. The van der Waals surface area contributed by atoms with E-state index in [1.165, 1.54) is 0 Å². The summed E-state index contributed by atoms with van der Waals surface area (Å²) >= 11 is 0. The molecular formula is C24H29N3O3S. The van der Waals surface area contributed by atoms with E-state index in [0.29, 0.717) is 24.7 Å². The molecule has 31 heavy (non-hydrogen) atoms. The van der Waals surface area contributed by atoms with Crippen LogP contribution in [-0.2, 0) is 16.3 Å². The van der Waals surface area contributed by atoms with Crippen molar-refractivity contribution in [1.82, 2.24) is 9.97 Å². The second-order valence-electron chi connectivity index (χ2n) is 7.72. The van der Waals surface area contributed by atoms with Crippen LogP contribution in [0.4, 0.5) is 0 Å². The molecule has 0 amide bonds. The van der Waals surface area contributed by atoms with Gasteiger partial charge in [0.1, 0.15) is 5.76 Å². The number of nitrogens with one attached hydrogen (secondary N) is 1. The van der Waals surface area contributed by atoms with Gasteiger partial charge in [0.2, 0.25) is 5.89 Å². The predicted octanol–water partition coefficient (Wildman–Crippen LogP) is 5.50. The Hall–Kier alpha value is -2.80. The molecule has 3 rings (SSSR count). The number of sulfone groups is 1. The van der Waals surface area contributed by atoms with Crippen molar-refractivity contribution in [3.05, 3.63) is 54.0 Å². The van der Waals surface area contributed by atoms with Crippen LogP contribution < -0.4 is 0 Å². The number of aryl methyl sites for hydroxylation is 2. The molecule has 0 unspecified atom stereocenters. The number of rotatable bonds is 9. The Kier molecular flexibility index (Phi) is 7.05. The molecule has 0 spiro atoms. The SMILES string of the molecule is CC[C@@H](C)C(=N)CCc1nc(-c2ccc(-c3ccc(S(=O)(=O)CC)nc3)cc2)oc1C. The van der Waals surface area contributed by atoms with E-state index in [9.17, 15) is 8.42 Å². The average molecular weight is 440 g/mol. The van der Waals surface area contributed by atoms with Gasteiger partial charge in [0.15, 0.2) is 14.9 Å². The number of hydrogen-bond donors (Lipinski definition) is 1. The summed E-state index contributed by atoms with van der Waals surface area (Å²) in [4.78, 5) is 8.76. The van der Waals surface area contributed by atoms with Crippen LogP contribution >= 0.6 is 0 Å². The van der Waals surface area contributed by atoms with Gasteiger partial charge in [-0.15, -0.1) is 0 Å². The Labute approximate surface area is 184 Å². The van der Waals surface area contributed by atoms with E-state index in [2.05, 4.69) is 23.8 Å². The Morgan fingerprint density at radius 3 is 2.29 bits per heavy atom. The molecule has 0 aliphatic carbocycles. The van der Waals surface area contributed by atoms with Crippen molar-refractivity contribution in [2.45, 2.75) is 52.0 Å². The molecule has 3 aromatic rings. The molecule has 2 heterocycles. The molecule has 6 nitrogen and oxygen atoms in total. The summed E-state index contributed by atoms with van der Waals surface area (Å²) in [5.74, 6) is 1.68. The highest BCUT2D eigenvalue weighted by atomic mass is 32.2. The van der Waals surface area contributed by atoms with Gasteiger partial charge < -0.3 is 9.83 Å². The van der Waals surface area contributed by atoms with Crippen molar-refractivity contribution in [3.63, 3.8) is 0 Å². The monoisotopic (exact) mass is 439 g/mol. The van der Waals surface area contributed by atoms with Gasteiger partial charge in [-0.05, 0) is 61.9 Å². The summed E-state index contributed by atoms with van der Waals surface area (Å²) in [5.41, 5.74) is 4.29. The number of oxazole rings is 1. The molecule has 2 aromatic heterocycles. The smallest absolute Gasteiger partial charge is 0.226 e. The number of hydrogen-bond acceptors (Lipinski definition) is 6. The van der Waals surface area contributed by atoms with Crippen LogP contribution in [0, 0.1) is 18.3 Å². The first-order chi connectivity index (χ1) is 14.7. The Morgan fingerprint density at radius 1 is 1.06 bits per heavy atom. The van der Waals surface area contributed by atoms with Gasteiger partial charge in [0.05, 0.1) is 11.4 Å². The standard InChI is InChI=1S/C24H29N3O3S/c1-5-16(3)21(25)12-13-22-17(4)30-24(27-22)19-9-7-18(8-10-19)20-11-14-23(26-15-20)31(28,29)6-2/h7-11,14-16,25H,5-6,12-13H2,1-4H3/t16-/m1/s1. The summed E-state index contributed by atoms with van der Waals surface area (Å²) in [6.07, 6.45) is 3.95. The molecule has 7 heteroatoms. The fourth-order valence-electron chi connectivity index (χ4n) is 3.22. The third-order valence-corrected chi connectivity index (χ3v) is 7.27. The largest absolute Gasteiger partial charge is 0.441 e. The molecule has 0 saturated heterocycles. The lowest BCUT2D eigenvalue weighted by Gasteiger charge is -2.09. The molecule has 1 atom stereocenters. The van der Waals surface area contributed by atoms with E-state index in [1.807, 2.05) is 31.2 Å². The van der Waals surface area contributed by atoms with E-state index in [1.54, 1.807) is 25.3 Å². The number of pyridine rings is 1. The molecule has 0 aliphatic rings. The van der Waals surface area contributed by atoms with Crippen LogP contribution in [0.25, 0.3) is 22.6 Å². The molecule has 0 radical (unpaired) electrons. The highest BCUT2D eigenvalue weighted by molar-refractivity contribution is 7.91. The normalized spacial score (nSPS) is 12.6. The lowest BCUT2D eigenvalue weighted by atomic mass is 9.98. The van der Waals surface area contributed by atoms with Crippen LogP contribution in [0.3, 0.4) is 0 Å². The van der Waals surface area contributed by atoms with Crippen LogP contribution in [-0.4, -0.2) is 29.9 Å². The Morgan fingerprint density at radius 2 is 1.71 bits per heavy atom. The first kappa shape index (κ1) is 22.9. The number of aromatic nitrogens is 2. The van der Waals surface area contributed by atoms with E-state index in [0.717, 1.165) is 40.3 Å². The third-order valence-electron chi connectivity index (χ3n) is 5.63. The summed E-state index contributed by atoms with van der Waals surface area (Å²) in [6, 6.07) is 11.1. The average Bonchev–Trinajstić information content (AvgIpc) is 3.17. The van der Waals surface area contributed by atoms with E-state index < -0.39 is 9.84 Å². The fourth-order valence-corrected chi connectivity index (χ4v) is 4.00. The second-order valence-corrected chi connectivity index (χ2v) is 9.95. The van der Waals surface area contributed by atoms with Gasteiger partial charge in [-0.3, -0.25) is 0 Å². The van der Waals surface area contributed by atoms with Gasteiger partial charge in [0.25, 0.3) is 0 Å².